The molecular weight excluding hydrogens is 350 g/mol. The number of benzene rings is 1. The molecule has 0 saturated heterocycles. The fourth-order valence-electron chi connectivity index (χ4n) is 2.72. The summed E-state index contributed by atoms with van der Waals surface area (Å²) in [5.74, 6) is 1.35. The molecule has 0 aliphatic rings. The summed E-state index contributed by atoms with van der Waals surface area (Å²) in [6, 6.07) is 9.31. The number of rotatable bonds is 6. The maximum absolute atomic E-state index is 11.9. The summed E-state index contributed by atoms with van der Waals surface area (Å²) in [6.07, 6.45) is 4.77. The van der Waals surface area contributed by atoms with E-state index < -0.39 is 0 Å². The van der Waals surface area contributed by atoms with Gasteiger partial charge in [0.25, 0.3) is 5.78 Å². The molecule has 0 unspecified atom stereocenters. The lowest BCUT2D eigenvalue weighted by molar-refractivity contribution is -0.116. The second-order valence-electron chi connectivity index (χ2n) is 6.07. The zero-order chi connectivity index (χ0) is 18.5. The van der Waals surface area contributed by atoms with E-state index in [0.29, 0.717) is 23.8 Å². The van der Waals surface area contributed by atoms with Gasteiger partial charge in [0.1, 0.15) is 5.82 Å². The highest BCUT2D eigenvalue weighted by Gasteiger charge is 2.09. The molecular formula is C19H20ClN5O. The average Bonchev–Trinajstić information content (AvgIpc) is 3.01. The molecule has 134 valence electrons. The smallest absolute Gasteiger partial charge is 0.255 e. The molecule has 6 nitrogen and oxygen atoms in total. The number of hydrogen-bond donors (Lipinski definition) is 1. The number of halogens is 1. The Morgan fingerprint density at radius 2 is 2.00 bits per heavy atom. The van der Waals surface area contributed by atoms with E-state index in [9.17, 15) is 4.79 Å². The Hall–Kier alpha value is -2.73. The van der Waals surface area contributed by atoms with Gasteiger partial charge in [-0.15, -0.1) is 10.2 Å². The predicted molar refractivity (Wildman–Crippen MR) is 102 cm³/mol. The minimum absolute atomic E-state index is 0.125. The molecule has 0 aliphatic heterocycles. The van der Waals surface area contributed by atoms with Gasteiger partial charge < -0.3 is 5.32 Å². The van der Waals surface area contributed by atoms with Crippen LogP contribution in [0.3, 0.4) is 0 Å². The van der Waals surface area contributed by atoms with Crippen LogP contribution in [0.1, 0.15) is 29.2 Å². The Morgan fingerprint density at radius 3 is 2.77 bits per heavy atom. The SMILES string of the molecule is Cc1cc(C)n2c(CCCNC(=O)/C=C/c3ccc(Cl)cc3)nnc2n1. The van der Waals surface area contributed by atoms with Crippen molar-refractivity contribution in [3.63, 3.8) is 0 Å². The standard InChI is InChI=1S/C19H20ClN5O/c1-13-12-14(2)25-17(23-24-19(25)22-13)4-3-11-21-18(26)10-7-15-5-8-16(20)9-6-15/h5-10,12H,3-4,11H2,1-2H3,(H,21,26)/b10-7+. The average molecular weight is 370 g/mol. The lowest BCUT2D eigenvalue weighted by Gasteiger charge is -2.05. The quantitative estimate of drug-likeness (QED) is 0.535. The molecule has 2 heterocycles. The molecule has 0 spiro atoms. The number of hydrogen-bond acceptors (Lipinski definition) is 4. The molecule has 0 fully saturated rings. The van der Waals surface area contributed by atoms with Crippen LogP contribution in [0.2, 0.25) is 5.02 Å². The van der Waals surface area contributed by atoms with Crippen LogP contribution >= 0.6 is 11.6 Å². The van der Waals surface area contributed by atoms with Gasteiger partial charge in [-0.2, -0.15) is 0 Å². The van der Waals surface area contributed by atoms with Crippen molar-refractivity contribution < 1.29 is 4.79 Å². The van der Waals surface area contributed by atoms with Crippen LogP contribution in [0.4, 0.5) is 0 Å². The third kappa shape index (κ3) is 4.46. The molecule has 0 atom stereocenters. The van der Waals surface area contributed by atoms with Gasteiger partial charge in [0.15, 0.2) is 0 Å². The number of carbonyl (C=O) groups is 1. The van der Waals surface area contributed by atoms with E-state index in [1.165, 1.54) is 6.08 Å². The Bertz CT molecular complexity index is 946. The molecule has 0 saturated carbocycles. The molecule has 1 aromatic carbocycles. The van der Waals surface area contributed by atoms with Crippen molar-refractivity contribution in [3.05, 3.63) is 64.2 Å². The van der Waals surface area contributed by atoms with E-state index in [1.807, 2.05) is 36.4 Å². The van der Waals surface area contributed by atoms with E-state index in [-0.39, 0.29) is 5.91 Å². The summed E-state index contributed by atoms with van der Waals surface area (Å²) in [5, 5.41) is 11.9. The predicted octanol–water partition coefficient (Wildman–Crippen LogP) is 3.16. The monoisotopic (exact) mass is 369 g/mol. The van der Waals surface area contributed by atoms with Crippen LogP contribution in [0.25, 0.3) is 11.9 Å². The zero-order valence-electron chi connectivity index (χ0n) is 14.7. The van der Waals surface area contributed by atoms with Gasteiger partial charge in [-0.3, -0.25) is 9.20 Å². The van der Waals surface area contributed by atoms with Crippen molar-refractivity contribution in [1.29, 1.82) is 0 Å². The van der Waals surface area contributed by atoms with Crippen molar-refractivity contribution >= 4 is 29.4 Å². The Kier molecular flexibility index (Phi) is 5.63. The van der Waals surface area contributed by atoms with E-state index in [1.54, 1.807) is 18.2 Å². The van der Waals surface area contributed by atoms with E-state index >= 15 is 0 Å². The van der Waals surface area contributed by atoms with Gasteiger partial charge in [0.2, 0.25) is 5.91 Å². The Morgan fingerprint density at radius 1 is 1.23 bits per heavy atom. The largest absolute Gasteiger partial charge is 0.353 e. The van der Waals surface area contributed by atoms with Crippen LogP contribution in [-0.2, 0) is 11.2 Å². The summed E-state index contributed by atoms with van der Waals surface area (Å²) in [6.45, 7) is 4.52. The Labute approximate surface area is 156 Å². The first-order valence-corrected chi connectivity index (χ1v) is 8.80. The first kappa shape index (κ1) is 18.1. The summed E-state index contributed by atoms with van der Waals surface area (Å²) in [7, 11) is 0. The number of nitrogens with one attached hydrogen (secondary N) is 1. The van der Waals surface area contributed by atoms with Crippen LogP contribution in [0, 0.1) is 13.8 Å². The number of nitrogens with zero attached hydrogens (tertiary/aromatic N) is 4. The summed E-state index contributed by atoms with van der Waals surface area (Å²) >= 11 is 5.84. The first-order valence-electron chi connectivity index (χ1n) is 8.42. The second-order valence-corrected chi connectivity index (χ2v) is 6.51. The minimum atomic E-state index is -0.125. The molecule has 26 heavy (non-hydrogen) atoms. The second kappa shape index (κ2) is 8.10. The van der Waals surface area contributed by atoms with Gasteiger partial charge in [0.05, 0.1) is 0 Å². The number of amides is 1. The highest BCUT2D eigenvalue weighted by Crippen LogP contribution is 2.11. The highest BCUT2D eigenvalue weighted by molar-refractivity contribution is 6.30. The van der Waals surface area contributed by atoms with Crippen LogP contribution in [0.15, 0.2) is 36.4 Å². The highest BCUT2D eigenvalue weighted by atomic mass is 35.5. The van der Waals surface area contributed by atoms with Gasteiger partial charge in [-0.1, -0.05) is 23.7 Å². The van der Waals surface area contributed by atoms with Gasteiger partial charge in [0, 0.05) is 35.5 Å². The Balaban J connectivity index is 1.50. The number of aromatic nitrogens is 4. The maximum atomic E-state index is 11.9. The van der Waals surface area contributed by atoms with E-state index in [0.717, 1.165) is 29.2 Å². The van der Waals surface area contributed by atoms with Crippen LogP contribution in [-0.4, -0.2) is 32.0 Å². The van der Waals surface area contributed by atoms with Crippen molar-refractivity contribution in [1.82, 2.24) is 24.9 Å². The molecule has 1 N–H and O–H groups in total. The van der Waals surface area contributed by atoms with Crippen molar-refractivity contribution in [2.75, 3.05) is 6.54 Å². The zero-order valence-corrected chi connectivity index (χ0v) is 15.5. The topological polar surface area (TPSA) is 72.2 Å². The first-order chi connectivity index (χ1) is 12.5. The molecule has 0 bridgehead atoms. The van der Waals surface area contributed by atoms with Crippen molar-refractivity contribution in [2.24, 2.45) is 0 Å². The number of carbonyl (C=O) groups excluding carboxylic acids is 1. The third-order valence-corrected chi connectivity index (χ3v) is 4.19. The summed E-state index contributed by atoms with van der Waals surface area (Å²) in [5.41, 5.74) is 2.91. The molecule has 2 aromatic heterocycles. The van der Waals surface area contributed by atoms with Crippen LogP contribution in [0.5, 0.6) is 0 Å². The lowest BCUT2D eigenvalue weighted by atomic mass is 10.2. The van der Waals surface area contributed by atoms with Crippen molar-refractivity contribution in [2.45, 2.75) is 26.7 Å². The lowest BCUT2D eigenvalue weighted by Crippen LogP contribution is -2.22. The summed E-state index contributed by atoms with van der Waals surface area (Å²) in [4.78, 5) is 16.3. The number of fused-ring (bicyclic) bond motifs is 1. The van der Waals surface area contributed by atoms with Crippen molar-refractivity contribution in [3.8, 4) is 0 Å². The third-order valence-electron chi connectivity index (χ3n) is 3.93. The van der Waals surface area contributed by atoms with E-state index in [4.69, 9.17) is 11.6 Å². The minimum Gasteiger partial charge on any atom is -0.353 e. The molecule has 1 amide bonds. The van der Waals surface area contributed by atoms with Gasteiger partial charge in [-0.05, 0) is 50.1 Å². The molecule has 3 rings (SSSR count). The van der Waals surface area contributed by atoms with Gasteiger partial charge in [-0.25, -0.2) is 4.98 Å². The fourth-order valence-corrected chi connectivity index (χ4v) is 2.85. The molecule has 0 radical (unpaired) electrons. The summed E-state index contributed by atoms with van der Waals surface area (Å²) < 4.78 is 1.95. The normalized spacial score (nSPS) is 11.3. The molecule has 7 heteroatoms. The fraction of sp³-hybridized carbons (Fsp3) is 0.263. The van der Waals surface area contributed by atoms with E-state index in [2.05, 4.69) is 20.5 Å². The molecule has 3 aromatic rings. The maximum Gasteiger partial charge on any atom is 0.255 e. The molecule has 0 aliphatic carbocycles. The number of aryl methyl sites for hydroxylation is 3. The van der Waals surface area contributed by atoms with Crippen LogP contribution < -0.4 is 5.32 Å². The van der Waals surface area contributed by atoms with Gasteiger partial charge >= 0.3 is 0 Å².